The average molecular weight is 215 g/mol. The predicted octanol–water partition coefficient (Wildman–Crippen LogP) is 0.180. The van der Waals surface area contributed by atoms with Crippen LogP contribution in [0.1, 0.15) is 0 Å². The van der Waals surface area contributed by atoms with Crippen molar-refractivity contribution in [3.05, 3.63) is 27.6 Å². The number of aromatic amines is 1. The third kappa shape index (κ3) is 0.864. The molecule has 0 saturated heterocycles. The number of fused-ring (bicyclic) bond motifs is 1. The number of halogens is 1. The molecule has 0 fully saturated rings. The quantitative estimate of drug-likeness (QED) is 0.681. The third-order valence-electron chi connectivity index (χ3n) is 1.27. The molecule has 2 aromatic rings. The van der Waals surface area contributed by atoms with Crippen molar-refractivity contribution in [1.29, 1.82) is 0 Å². The third-order valence-corrected chi connectivity index (χ3v) is 1.83. The Bertz CT molecular complexity index is 445. The molecule has 0 bridgehead atoms. The first-order valence-corrected chi connectivity index (χ1v) is 3.65. The Morgan fingerprint density at radius 3 is 3.09 bits per heavy atom. The van der Waals surface area contributed by atoms with Crippen molar-refractivity contribution < 1.29 is 0 Å². The summed E-state index contributed by atoms with van der Waals surface area (Å²) in [5.74, 6) is 0.389. The lowest BCUT2D eigenvalue weighted by molar-refractivity contribution is 0.932. The summed E-state index contributed by atoms with van der Waals surface area (Å²) in [6, 6.07) is 0. The molecule has 0 amide bonds. The molecule has 0 saturated carbocycles. The minimum absolute atomic E-state index is 0.251. The molecular weight excluding hydrogens is 212 g/mol. The van der Waals surface area contributed by atoms with Gasteiger partial charge in [-0.15, -0.1) is 0 Å². The van der Waals surface area contributed by atoms with E-state index in [9.17, 15) is 4.79 Å². The van der Waals surface area contributed by atoms with Gasteiger partial charge in [-0.2, -0.15) is 0 Å². The summed E-state index contributed by atoms with van der Waals surface area (Å²) >= 11 is 3.16. The molecular formula is C5H3BrN4O. The van der Waals surface area contributed by atoms with Crippen molar-refractivity contribution >= 4 is 21.7 Å². The van der Waals surface area contributed by atoms with Gasteiger partial charge in [0.2, 0.25) is 5.78 Å². The Morgan fingerprint density at radius 2 is 2.36 bits per heavy atom. The molecule has 0 radical (unpaired) electrons. The van der Waals surface area contributed by atoms with Crippen molar-refractivity contribution in [2.75, 3.05) is 0 Å². The fraction of sp³-hybridized carbons (Fsp3) is 0. The van der Waals surface area contributed by atoms with Crippen molar-refractivity contribution in [2.45, 2.75) is 0 Å². The van der Waals surface area contributed by atoms with Crippen molar-refractivity contribution in [2.24, 2.45) is 0 Å². The topological polar surface area (TPSA) is 63.0 Å². The number of H-pyrrole nitrogens is 1. The van der Waals surface area contributed by atoms with Gasteiger partial charge in [0, 0.05) is 0 Å². The first kappa shape index (κ1) is 6.53. The molecule has 6 heteroatoms. The monoisotopic (exact) mass is 214 g/mol. The summed E-state index contributed by atoms with van der Waals surface area (Å²) in [5.41, 5.74) is -0.251. The smallest absolute Gasteiger partial charge is 0.298 e. The molecule has 2 rings (SSSR count). The van der Waals surface area contributed by atoms with Gasteiger partial charge in [-0.05, 0) is 15.9 Å². The summed E-state index contributed by atoms with van der Waals surface area (Å²) in [6.07, 6.45) is 2.84. The summed E-state index contributed by atoms with van der Waals surface area (Å²) in [4.78, 5) is 21.2. The fourth-order valence-electron chi connectivity index (χ4n) is 0.811. The fourth-order valence-corrected chi connectivity index (χ4v) is 1.23. The van der Waals surface area contributed by atoms with Gasteiger partial charge in [0.25, 0.3) is 0 Å². The Kier molecular flexibility index (Phi) is 1.28. The molecule has 0 aliphatic heterocycles. The van der Waals surface area contributed by atoms with E-state index in [4.69, 9.17) is 0 Å². The largest absolute Gasteiger partial charge is 0.334 e. The van der Waals surface area contributed by atoms with Gasteiger partial charge in [-0.3, -0.25) is 4.98 Å². The van der Waals surface area contributed by atoms with Crippen molar-refractivity contribution in [1.82, 2.24) is 19.4 Å². The maximum atomic E-state index is 11.1. The van der Waals surface area contributed by atoms with Crippen molar-refractivity contribution in [3.63, 3.8) is 0 Å². The van der Waals surface area contributed by atoms with Crippen LogP contribution in [0.15, 0.2) is 21.9 Å². The standard InChI is InChI=1S/C5H3BrN4O/c6-3-1-7-4-8-2-9-5(11)10(3)4/h1-2H,(H,7,8,9,11). The van der Waals surface area contributed by atoms with Crippen LogP contribution >= 0.6 is 15.9 Å². The van der Waals surface area contributed by atoms with Gasteiger partial charge in [0.15, 0.2) is 0 Å². The van der Waals surface area contributed by atoms with Crippen LogP contribution in [0, 0.1) is 0 Å². The van der Waals surface area contributed by atoms with Crippen LogP contribution in [-0.2, 0) is 0 Å². The highest BCUT2D eigenvalue weighted by molar-refractivity contribution is 9.10. The molecule has 0 atom stereocenters. The average Bonchev–Trinajstić information content (AvgIpc) is 2.34. The number of hydrogen-bond donors (Lipinski definition) is 1. The molecule has 5 nitrogen and oxygen atoms in total. The van der Waals surface area contributed by atoms with E-state index in [1.54, 1.807) is 0 Å². The lowest BCUT2D eigenvalue weighted by atomic mass is 10.9. The van der Waals surface area contributed by atoms with Gasteiger partial charge in [0.1, 0.15) is 10.9 Å². The highest BCUT2D eigenvalue weighted by Crippen LogP contribution is 2.06. The van der Waals surface area contributed by atoms with Crippen LogP contribution in [-0.4, -0.2) is 19.4 Å². The molecule has 0 aliphatic carbocycles. The summed E-state index contributed by atoms with van der Waals surface area (Å²) in [5, 5.41) is 0. The minimum atomic E-state index is -0.251. The van der Waals surface area contributed by atoms with Crippen LogP contribution in [0.3, 0.4) is 0 Å². The molecule has 0 unspecified atom stereocenters. The zero-order valence-electron chi connectivity index (χ0n) is 5.28. The van der Waals surface area contributed by atoms with Crippen molar-refractivity contribution in [3.8, 4) is 0 Å². The number of nitrogens with zero attached hydrogens (tertiary/aromatic N) is 3. The molecule has 56 valence electrons. The SMILES string of the molecule is O=c1[nH]cnc2ncc(Br)n12. The van der Waals surface area contributed by atoms with E-state index in [2.05, 4.69) is 30.9 Å². The van der Waals surface area contributed by atoms with Gasteiger partial charge in [-0.25, -0.2) is 19.2 Å². The molecule has 0 aliphatic rings. The van der Waals surface area contributed by atoms with E-state index >= 15 is 0 Å². The highest BCUT2D eigenvalue weighted by atomic mass is 79.9. The van der Waals surface area contributed by atoms with Gasteiger partial charge < -0.3 is 0 Å². The summed E-state index contributed by atoms with van der Waals surface area (Å²) < 4.78 is 1.93. The number of hydrogen-bond acceptors (Lipinski definition) is 3. The zero-order valence-corrected chi connectivity index (χ0v) is 6.87. The Hall–Kier alpha value is -1.17. The molecule has 0 aromatic carbocycles. The van der Waals surface area contributed by atoms with E-state index in [1.807, 2.05) is 0 Å². The van der Waals surface area contributed by atoms with E-state index < -0.39 is 0 Å². The van der Waals surface area contributed by atoms with Gasteiger partial charge in [-0.1, -0.05) is 0 Å². The number of aromatic nitrogens is 4. The predicted molar refractivity (Wildman–Crippen MR) is 41.3 cm³/mol. The number of imidazole rings is 1. The molecule has 2 aromatic heterocycles. The molecule has 1 N–H and O–H groups in total. The van der Waals surface area contributed by atoms with Gasteiger partial charge >= 0.3 is 5.69 Å². The Labute approximate surface area is 69.2 Å². The lowest BCUT2D eigenvalue weighted by Crippen LogP contribution is -2.16. The maximum absolute atomic E-state index is 11.1. The van der Waals surface area contributed by atoms with Crippen LogP contribution in [0.4, 0.5) is 0 Å². The van der Waals surface area contributed by atoms with Crippen LogP contribution in [0.2, 0.25) is 0 Å². The Balaban J connectivity index is 3.08. The summed E-state index contributed by atoms with van der Waals surface area (Å²) in [7, 11) is 0. The normalized spacial score (nSPS) is 10.6. The second-order valence-corrected chi connectivity index (χ2v) is 2.74. The second-order valence-electron chi connectivity index (χ2n) is 1.92. The molecule has 2 heterocycles. The zero-order chi connectivity index (χ0) is 7.84. The number of rotatable bonds is 0. The van der Waals surface area contributed by atoms with Gasteiger partial charge in [0.05, 0.1) is 6.20 Å². The van der Waals surface area contributed by atoms with E-state index in [-0.39, 0.29) is 5.69 Å². The number of nitrogens with one attached hydrogen (secondary N) is 1. The maximum Gasteiger partial charge on any atom is 0.334 e. The van der Waals surface area contributed by atoms with E-state index in [0.717, 1.165) is 0 Å². The van der Waals surface area contributed by atoms with Crippen LogP contribution < -0.4 is 5.69 Å². The molecule has 0 spiro atoms. The second kappa shape index (κ2) is 2.16. The minimum Gasteiger partial charge on any atom is -0.298 e. The Morgan fingerprint density at radius 1 is 1.55 bits per heavy atom. The van der Waals surface area contributed by atoms with E-state index in [0.29, 0.717) is 10.4 Å². The first-order chi connectivity index (χ1) is 5.29. The molecule has 11 heavy (non-hydrogen) atoms. The van der Waals surface area contributed by atoms with E-state index in [1.165, 1.54) is 16.9 Å². The highest BCUT2D eigenvalue weighted by Gasteiger charge is 2.01. The lowest BCUT2D eigenvalue weighted by Gasteiger charge is -1.88. The first-order valence-electron chi connectivity index (χ1n) is 2.85. The van der Waals surface area contributed by atoms with Crippen LogP contribution in [0.5, 0.6) is 0 Å². The van der Waals surface area contributed by atoms with Crippen LogP contribution in [0.25, 0.3) is 5.78 Å². The summed E-state index contributed by atoms with van der Waals surface area (Å²) in [6.45, 7) is 0.